The molecule has 2 aliphatic rings. The molecular formula is C23H27IN6O2. The highest BCUT2D eigenvalue weighted by molar-refractivity contribution is 14.1. The van der Waals surface area contributed by atoms with Gasteiger partial charge in [-0.15, -0.1) is 0 Å². The molecule has 8 nitrogen and oxygen atoms in total. The average Bonchev–Trinajstić information content (AvgIpc) is 3.34. The second-order valence-electron chi connectivity index (χ2n) is 8.94. The van der Waals surface area contributed by atoms with E-state index in [1.54, 1.807) is 6.20 Å². The van der Waals surface area contributed by atoms with E-state index in [0.717, 1.165) is 52.1 Å². The molecule has 0 aliphatic carbocycles. The quantitative estimate of drug-likeness (QED) is 0.508. The van der Waals surface area contributed by atoms with Crippen molar-refractivity contribution in [2.75, 3.05) is 24.5 Å². The van der Waals surface area contributed by atoms with Crippen LogP contribution in [0.25, 0.3) is 5.65 Å². The predicted molar refractivity (Wildman–Crippen MR) is 130 cm³/mol. The molecule has 0 radical (unpaired) electrons. The zero-order valence-corrected chi connectivity index (χ0v) is 20.4. The molecule has 3 atom stereocenters. The summed E-state index contributed by atoms with van der Waals surface area (Å²) in [5.41, 5.74) is 3.13. The number of nitrogens with zero attached hydrogens (tertiary/aromatic N) is 6. The highest BCUT2D eigenvalue weighted by Crippen LogP contribution is 2.33. The molecule has 0 aromatic carbocycles. The predicted octanol–water partition coefficient (Wildman–Crippen LogP) is 3.22. The number of β-amino-alcohol motifs (C(OH)–C–C–N with tert-alkyl or cyclic N) is 1. The van der Waals surface area contributed by atoms with Crippen molar-refractivity contribution in [1.29, 1.82) is 0 Å². The van der Waals surface area contributed by atoms with Crippen molar-refractivity contribution in [2.24, 2.45) is 5.92 Å². The maximum atomic E-state index is 13.3. The Labute approximate surface area is 200 Å². The molecule has 3 aromatic rings. The number of piperidine rings is 1. The van der Waals surface area contributed by atoms with Crippen molar-refractivity contribution in [1.82, 2.24) is 24.5 Å². The number of pyridine rings is 1. The standard InChI is InChI=1S/C23H27IN6O2/c1-14-11-28(13-20(14)31)22-15(2)12-30-21(26-22)10-17(27-30)19-5-3-4-8-29(19)23(32)18-9-16(24)6-7-25-18/h6-7,9-10,12,14,19-20,31H,3-5,8,11,13H2,1-2H3/t14-,19+,20+/m1/s1. The molecule has 32 heavy (non-hydrogen) atoms. The van der Waals surface area contributed by atoms with E-state index in [0.29, 0.717) is 18.8 Å². The second-order valence-corrected chi connectivity index (χ2v) is 10.2. The molecule has 5 rings (SSSR count). The molecule has 9 heteroatoms. The Morgan fingerprint density at radius 1 is 1.25 bits per heavy atom. The smallest absolute Gasteiger partial charge is 0.273 e. The lowest BCUT2D eigenvalue weighted by molar-refractivity contribution is 0.0599. The highest BCUT2D eigenvalue weighted by Gasteiger charge is 2.32. The van der Waals surface area contributed by atoms with Crippen LogP contribution in [0.4, 0.5) is 5.82 Å². The van der Waals surface area contributed by atoms with Gasteiger partial charge in [-0.2, -0.15) is 5.10 Å². The van der Waals surface area contributed by atoms with Gasteiger partial charge < -0.3 is 14.9 Å². The van der Waals surface area contributed by atoms with Crippen molar-refractivity contribution in [3.05, 3.63) is 51.1 Å². The van der Waals surface area contributed by atoms with Crippen molar-refractivity contribution in [2.45, 2.75) is 45.3 Å². The minimum atomic E-state index is -0.329. The number of carbonyl (C=O) groups is 1. The summed E-state index contributed by atoms with van der Waals surface area (Å²) in [7, 11) is 0. The lowest BCUT2D eigenvalue weighted by Crippen LogP contribution is -2.39. The van der Waals surface area contributed by atoms with Crippen LogP contribution >= 0.6 is 22.6 Å². The summed E-state index contributed by atoms with van der Waals surface area (Å²) in [5, 5.41) is 15.0. The Bertz CT molecular complexity index is 1150. The Morgan fingerprint density at radius 2 is 2.09 bits per heavy atom. The summed E-state index contributed by atoms with van der Waals surface area (Å²) in [6.45, 7) is 6.18. The van der Waals surface area contributed by atoms with Gasteiger partial charge in [0.05, 0.1) is 17.8 Å². The largest absolute Gasteiger partial charge is 0.391 e. The van der Waals surface area contributed by atoms with E-state index in [1.165, 1.54) is 0 Å². The zero-order valence-electron chi connectivity index (χ0n) is 18.3. The molecule has 5 heterocycles. The van der Waals surface area contributed by atoms with Crippen molar-refractivity contribution in [3.63, 3.8) is 0 Å². The van der Waals surface area contributed by atoms with Gasteiger partial charge in [-0.1, -0.05) is 6.92 Å². The van der Waals surface area contributed by atoms with Gasteiger partial charge in [0.25, 0.3) is 5.91 Å². The first kappa shape index (κ1) is 21.6. The fourth-order valence-corrected chi connectivity index (χ4v) is 5.23. The van der Waals surface area contributed by atoms with Crippen LogP contribution in [-0.2, 0) is 0 Å². The Morgan fingerprint density at radius 3 is 2.84 bits per heavy atom. The van der Waals surface area contributed by atoms with Crippen molar-refractivity contribution < 1.29 is 9.90 Å². The lowest BCUT2D eigenvalue weighted by Gasteiger charge is -2.34. The van der Waals surface area contributed by atoms with Crippen molar-refractivity contribution in [3.8, 4) is 0 Å². The number of anilines is 1. The first-order chi connectivity index (χ1) is 15.4. The van der Waals surface area contributed by atoms with Crippen LogP contribution < -0.4 is 4.90 Å². The number of carbonyl (C=O) groups excluding carboxylic acids is 1. The van der Waals surface area contributed by atoms with Gasteiger partial charge >= 0.3 is 0 Å². The molecule has 168 valence electrons. The van der Waals surface area contributed by atoms with Gasteiger partial charge in [0.2, 0.25) is 0 Å². The molecule has 1 amide bonds. The summed E-state index contributed by atoms with van der Waals surface area (Å²) >= 11 is 2.21. The first-order valence-corrected chi connectivity index (χ1v) is 12.2. The maximum absolute atomic E-state index is 13.3. The Hall–Kier alpha value is -2.27. The lowest BCUT2D eigenvalue weighted by atomic mass is 9.99. The fraction of sp³-hybridized carbons (Fsp3) is 0.478. The number of amides is 1. The van der Waals surface area contributed by atoms with E-state index < -0.39 is 0 Å². The van der Waals surface area contributed by atoms with E-state index in [4.69, 9.17) is 10.1 Å². The molecule has 3 aromatic heterocycles. The number of rotatable bonds is 3. The van der Waals surface area contributed by atoms with Gasteiger partial charge in [-0.3, -0.25) is 9.78 Å². The number of fused-ring (bicyclic) bond motifs is 1. The second kappa shape index (κ2) is 8.58. The van der Waals surface area contributed by atoms with Gasteiger partial charge in [-0.25, -0.2) is 9.50 Å². The van der Waals surface area contributed by atoms with E-state index in [2.05, 4.69) is 39.4 Å². The van der Waals surface area contributed by atoms with E-state index in [-0.39, 0.29) is 24.0 Å². The molecule has 1 N–H and O–H groups in total. The van der Waals surface area contributed by atoms with Gasteiger partial charge in [0, 0.05) is 53.1 Å². The van der Waals surface area contributed by atoms with Gasteiger partial charge in [0.1, 0.15) is 11.5 Å². The number of halogens is 1. The number of hydrogen-bond acceptors (Lipinski definition) is 6. The number of aliphatic hydroxyl groups excluding tert-OH is 1. The molecular weight excluding hydrogens is 519 g/mol. The van der Waals surface area contributed by atoms with E-state index >= 15 is 0 Å². The highest BCUT2D eigenvalue weighted by atomic mass is 127. The minimum Gasteiger partial charge on any atom is -0.391 e. The van der Waals surface area contributed by atoms with E-state index in [9.17, 15) is 9.90 Å². The summed E-state index contributed by atoms with van der Waals surface area (Å²) < 4.78 is 2.81. The average molecular weight is 546 g/mol. The van der Waals surface area contributed by atoms with Crippen LogP contribution in [0.5, 0.6) is 0 Å². The normalized spacial score (nSPS) is 23.8. The molecule has 2 fully saturated rings. The van der Waals surface area contributed by atoms with Crippen LogP contribution in [-0.4, -0.2) is 61.2 Å². The monoisotopic (exact) mass is 546 g/mol. The zero-order chi connectivity index (χ0) is 22.4. The van der Waals surface area contributed by atoms with Crippen LogP contribution in [0.15, 0.2) is 30.6 Å². The SMILES string of the molecule is Cc1cn2nc([C@@H]3CCCCN3C(=O)c3cc(I)ccn3)cc2nc1N1C[C@@H](C)[C@@H](O)C1. The summed E-state index contributed by atoms with van der Waals surface area (Å²) in [5.74, 6) is 1.08. The van der Waals surface area contributed by atoms with Crippen LogP contribution in [0, 0.1) is 16.4 Å². The topological polar surface area (TPSA) is 86.9 Å². The Kier molecular flexibility index (Phi) is 5.79. The van der Waals surface area contributed by atoms with Crippen LogP contribution in [0.2, 0.25) is 0 Å². The third-order valence-corrected chi connectivity index (χ3v) is 7.21. The number of aliphatic hydroxyl groups is 1. The van der Waals surface area contributed by atoms with Gasteiger partial charge in [0.15, 0.2) is 5.65 Å². The van der Waals surface area contributed by atoms with Crippen molar-refractivity contribution >= 4 is 40.0 Å². The summed E-state index contributed by atoms with van der Waals surface area (Å²) in [4.78, 5) is 26.5. The number of aryl methyl sites for hydroxylation is 1. The molecule has 0 saturated carbocycles. The number of aromatic nitrogens is 4. The van der Waals surface area contributed by atoms with Crippen LogP contribution in [0.1, 0.15) is 54.0 Å². The number of hydrogen-bond donors (Lipinski definition) is 1. The third kappa shape index (κ3) is 3.96. The molecule has 0 unspecified atom stereocenters. The van der Waals surface area contributed by atoms with Gasteiger partial charge in [-0.05, 0) is 60.9 Å². The number of likely N-dealkylation sites (tertiary alicyclic amines) is 1. The molecule has 0 spiro atoms. The molecule has 0 bridgehead atoms. The molecule has 2 aliphatic heterocycles. The molecule has 2 saturated heterocycles. The van der Waals surface area contributed by atoms with Crippen LogP contribution in [0.3, 0.4) is 0 Å². The minimum absolute atomic E-state index is 0.0462. The summed E-state index contributed by atoms with van der Waals surface area (Å²) in [6.07, 6.45) is 6.26. The third-order valence-electron chi connectivity index (χ3n) is 6.54. The Balaban J connectivity index is 1.47. The first-order valence-electron chi connectivity index (χ1n) is 11.1. The maximum Gasteiger partial charge on any atom is 0.273 e. The fourth-order valence-electron chi connectivity index (χ4n) is 4.78. The van der Waals surface area contributed by atoms with E-state index in [1.807, 2.05) is 40.7 Å². The summed E-state index contributed by atoms with van der Waals surface area (Å²) in [6, 6.07) is 5.63.